The van der Waals surface area contributed by atoms with Crippen LogP contribution in [0.2, 0.25) is 0 Å². The van der Waals surface area contributed by atoms with Crippen LogP contribution in [-0.2, 0) is 9.53 Å². The highest BCUT2D eigenvalue weighted by molar-refractivity contribution is 5.84. The summed E-state index contributed by atoms with van der Waals surface area (Å²) >= 11 is 0. The lowest BCUT2D eigenvalue weighted by atomic mass is 10.0. The van der Waals surface area contributed by atoms with Crippen LogP contribution in [0, 0.1) is 0 Å². The van der Waals surface area contributed by atoms with Crippen LogP contribution in [0.4, 0.5) is 0 Å². The number of methoxy groups -OCH3 is 1. The van der Waals surface area contributed by atoms with Crippen molar-refractivity contribution < 1.29 is 19.0 Å². The largest absolute Gasteiger partial charge is 0.497 e. The van der Waals surface area contributed by atoms with Gasteiger partial charge in [-0.25, -0.2) is 0 Å². The molecule has 0 aliphatic carbocycles. The van der Waals surface area contributed by atoms with Crippen molar-refractivity contribution in [3.63, 3.8) is 0 Å². The Morgan fingerprint density at radius 2 is 1.78 bits per heavy atom. The fourth-order valence-electron chi connectivity index (χ4n) is 4.48. The Bertz CT molecular complexity index is 1080. The number of aromatic nitrogens is 1. The minimum atomic E-state index is -0.231. The van der Waals surface area contributed by atoms with Gasteiger partial charge in [-0.2, -0.15) is 0 Å². The molecule has 1 aromatic heterocycles. The first-order valence-corrected chi connectivity index (χ1v) is 11.3. The van der Waals surface area contributed by atoms with Crippen molar-refractivity contribution >= 4 is 16.8 Å². The molecule has 2 aromatic carbocycles. The number of carbonyl (C=O) groups is 1. The maximum atomic E-state index is 12.5. The highest BCUT2D eigenvalue weighted by Gasteiger charge is 2.31. The minimum absolute atomic E-state index is 0.129. The molecule has 0 bridgehead atoms. The molecule has 6 heteroatoms. The number of nitrogens with zero attached hydrogens (tertiary/aromatic N) is 2. The highest BCUT2D eigenvalue weighted by atomic mass is 16.5. The summed E-state index contributed by atoms with van der Waals surface area (Å²) in [5, 5.41) is 1.05. The molecule has 2 saturated heterocycles. The smallest absolute Gasteiger partial charge is 0.251 e. The van der Waals surface area contributed by atoms with Gasteiger partial charge in [0, 0.05) is 49.7 Å². The molecule has 2 aliphatic heterocycles. The van der Waals surface area contributed by atoms with Crippen molar-refractivity contribution in [3.05, 3.63) is 54.7 Å². The lowest BCUT2D eigenvalue weighted by molar-refractivity contribution is -0.142. The van der Waals surface area contributed by atoms with E-state index in [1.807, 2.05) is 41.4 Å². The number of hydrogen-bond donors (Lipinski definition) is 0. The number of pyridine rings is 1. The average molecular weight is 433 g/mol. The van der Waals surface area contributed by atoms with Crippen LogP contribution in [0.5, 0.6) is 11.5 Å². The van der Waals surface area contributed by atoms with E-state index in [1.54, 1.807) is 7.11 Å². The predicted octanol–water partition coefficient (Wildman–Crippen LogP) is 4.46. The van der Waals surface area contributed by atoms with Gasteiger partial charge in [0.2, 0.25) is 0 Å². The van der Waals surface area contributed by atoms with Gasteiger partial charge in [0.25, 0.3) is 5.91 Å². The molecule has 166 valence electrons. The standard InChI is InChI=1S/C26H28N2O4/c1-30-23-8-9-24-19(16-23)15-20(17-27-24)18-4-6-21(7-5-18)32-22-10-12-28(13-11-22)26(29)25-3-2-14-31-25/h4-9,15-17,22,25H,2-3,10-14H2,1H3/t25-/m1/s1. The second-order valence-electron chi connectivity index (χ2n) is 8.45. The molecule has 1 atom stereocenters. The number of carbonyl (C=O) groups excluding carboxylic acids is 1. The Morgan fingerprint density at radius 3 is 2.50 bits per heavy atom. The first kappa shape index (κ1) is 20.8. The molecule has 3 aromatic rings. The van der Waals surface area contributed by atoms with Crippen molar-refractivity contribution in [3.8, 4) is 22.6 Å². The Morgan fingerprint density at radius 1 is 1.00 bits per heavy atom. The molecule has 5 rings (SSSR count). The van der Waals surface area contributed by atoms with E-state index in [1.165, 1.54) is 0 Å². The number of likely N-dealkylation sites (tertiary alicyclic amines) is 1. The normalized spacial score (nSPS) is 19.3. The van der Waals surface area contributed by atoms with Crippen LogP contribution in [0.1, 0.15) is 25.7 Å². The van der Waals surface area contributed by atoms with E-state index >= 15 is 0 Å². The van der Waals surface area contributed by atoms with Gasteiger partial charge < -0.3 is 19.1 Å². The lowest BCUT2D eigenvalue weighted by Gasteiger charge is -2.33. The SMILES string of the molecule is COc1ccc2ncc(-c3ccc(OC4CCN(C(=O)[C@H]5CCCO5)CC4)cc3)cc2c1. The number of piperidine rings is 1. The molecule has 0 N–H and O–H groups in total. The molecule has 0 unspecified atom stereocenters. The molecule has 2 aliphatic rings. The molecule has 6 nitrogen and oxygen atoms in total. The summed E-state index contributed by atoms with van der Waals surface area (Å²) < 4.78 is 17.1. The van der Waals surface area contributed by atoms with Crippen LogP contribution in [0.25, 0.3) is 22.0 Å². The van der Waals surface area contributed by atoms with Gasteiger partial charge in [-0.3, -0.25) is 9.78 Å². The second-order valence-corrected chi connectivity index (χ2v) is 8.45. The van der Waals surface area contributed by atoms with E-state index in [9.17, 15) is 4.79 Å². The number of rotatable bonds is 5. The van der Waals surface area contributed by atoms with Gasteiger partial charge in [-0.05, 0) is 54.8 Å². The summed E-state index contributed by atoms with van der Waals surface area (Å²) in [5.41, 5.74) is 3.09. The Labute approximate surface area is 188 Å². The molecule has 32 heavy (non-hydrogen) atoms. The number of amides is 1. The van der Waals surface area contributed by atoms with Crippen molar-refractivity contribution in [2.75, 3.05) is 26.8 Å². The Hall–Kier alpha value is -3.12. The maximum Gasteiger partial charge on any atom is 0.251 e. The average Bonchev–Trinajstić information content (AvgIpc) is 3.39. The Balaban J connectivity index is 1.20. The molecule has 3 heterocycles. The van der Waals surface area contributed by atoms with Gasteiger partial charge in [-0.1, -0.05) is 12.1 Å². The summed E-state index contributed by atoms with van der Waals surface area (Å²) in [7, 11) is 1.67. The molecule has 1 amide bonds. The van der Waals surface area contributed by atoms with Gasteiger partial charge >= 0.3 is 0 Å². The molecule has 0 spiro atoms. The molecular weight excluding hydrogens is 404 g/mol. The van der Waals surface area contributed by atoms with E-state index in [0.29, 0.717) is 6.61 Å². The number of fused-ring (bicyclic) bond motifs is 1. The minimum Gasteiger partial charge on any atom is -0.497 e. The third kappa shape index (κ3) is 4.41. The maximum absolute atomic E-state index is 12.5. The van der Waals surface area contributed by atoms with Crippen molar-refractivity contribution in [2.24, 2.45) is 0 Å². The second kappa shape index (κ2) is 9.17. The van der Waals surface area contributed by atoms with Gasteiger partial charge in [0.1, 0.15) is 23.7 Å². The fourth-order valence-corrected chi connectivity index (χ4v) is 4.48. The first-order chi connectivity index (χ1) is 15.7. The predicted molar refractivity (Wildman–Crippen MR) is 123 cm³/mol. The van der Waals surface area contributed by atoms with E-state index in [4.69, 9.17) is 14.2 Å². The topological polar surface area (TPSA) is 60.9 Å². The zero-order valence-corrected chi connectivity index (χ0v) is 18.3. The molecule has 0 radical (unpaired) electrons. The first-order valence-electron chi connectivity index (χ1n) is 11.3. The monoisotopic (exact) mass is 432 g/mol. The Kier molecular flexibility index (Phi) is 5.95. The summed E-state index contributed by atoms with van der Waals surface area (Å²) in [4.78, 5) is 19.0. The van der Waals surface area contributed by atoms with Crippen LogP contribution in [0.3, 0.4) is 0 Å². The highest BCUT2D eigenvalue weighted by Crippen LogP contribution is 2.28. The van der Waals surface area contributed by atoms with Crippen molar-refractivity contribution in [1.82, 2.24) is 9.88 Å². The number of hydrogen-bond acceptors (Lipinski definition) is 5. The quantitative estimate of drug-likeness (QED) is 0.596. The summed E-state index contributed by atoms with van der Waals surface area (Å²) in [6.45, 7) is 2.16. The van der Waals surface area contributed by atoms with E-state index < -0.39 is 0 Å². The van der Waals surface area contributed by atoms with E-state index in [0.717, 1.165) is 72.3 Å². The number of ether oxygens (including phenoxy) is 3. The van der Waals surface area contributed by atoms with Crippen molar-refractivity contribution in [1.29, 1.82) is 0 Å². The van der Waals surface area contributed by atoms with Crippen LogP contribution in [-0.4, -0.2) is 54.8 Å². The summed E-state index contributed by atoms with van der Waals surface area (Å²) in [5.74, 6) is 1.82. The van der Waals surface area contributed by atoms with Gasteiger partial charge in [0.05, 0.1) is 12.6 Å². The van der Waals surface area contributed by atoms with E-state index in [-0.39, 0.29) is 18.1 Å². The van der Waals surface area contributed by atoms with E-state index in [2.05, 4.69) is 23.2 Å². The van der Waals surface area contributed by atoms with Crippen LogP contribution in [0.15, 0.2) is 54.7 Å². The fraction of sp³-hybridized carbons (Fsp3) is 0.385. The summed E-state index contributed by atoms with van der Waals surface area (Å²) in [6.07, 6.45) is 5.31. The zero-order chi connectivity index (χ0) is 21.9. The van der Waals surface area contributed by atoms with Gasteiger partial charge in [-0.15, -0.1) is 0 Å². The molecule has 0 saturated carbocycles. The molecular formula is C26H28N2O4. The summed E-state index contributed by atoms with van der Waals surface area (Å²) in [6, 6.07) is 16.2. The van der Waals surface area contributed by atoms with Crippen LogP contribution < -0.4 is 9.47 Å². The van der Waals surface area contributed by atoms with Crippen molar-refractivity contribution in [2.45, 2.75) is 37.9 Å². The number of benzene rings is 2. The third-order valence-corrected chi connectivity index (χ3v) is 6.34. The van der Waals surface area contributed by atoms with Gasteiger partial charge in [0.15, 0.2) is 0 Å². The molecule has 2 fully saturated rings. The lowest BCUT2D eigenvalue weighted by Crippen LogP contribution is -2.45. The third-order valence-electron chi connectivity index (χ3n) is 6.34. The zero-order valence-electron chi connectivity index (χ0n) is 18.3. The van der Waals surface area contributed by atoms with Crippen LogP contribution >= 0.6 is 0 Å².